The molecule has 6 aromatic rings. The quantitative estimate of drug-likeness (QED) is 0.0601. The number of aromatic nitrogens is 5. The molecule has 63 heavy (non-hydrogen) atoms. The Balaban J connectivity index is 0.853. The number of ether oxygens (including phenoxy) is 2. The highest BCUT2D eigenvalue weighted by molar-refractivity contribution is 7.91. The maximum Gasteiger partial charge on any atom is 0.417 e. The van der Waals surface area contributed by atoms with Crippen LogP contribution in [-0.2, 0) is 27.9 Å². The van der Waals surface area contributed by atoms with Gasteiger partial charge in [0.1, 0.15) is 29.5 Å². The largest absolute Gasteiger partial charge is 0.494 e. The minimum atomic E-state index is -4.88. The van der Waals surface area contributed by atoms with Crippen LogP contribution >= 0.6 is 0 Å². The topological polar surface area (TPSA) is 214 Å². The summed E-state index contributed by atoms with van der Waals surface area (Å²) < 4.78 is 94.2. The Morgan fingerprint density at radius 1 is 0.968 bits per heavy atom. The summed E-state index contributed by atoms with van der Waals surface area (Å²) in [6.07, 6.45) is -0.285. The number of hydrogen-bond acceptors (Lipinski definition) is 12. The van der Waals surface area contributed by atoms with Crippen LogP contribution in [0, 0.1) is 17.1 Å². The predicted molar refractivity (Wildman–Crippen MR) is 221 cm³/mol. The first-order chi connectivity index (χ1) is 29.9. The molecule has 0 fully saturated rings. The number of aliphatic hydroxyl groups is 1. The number of nitriles is 1. The van der Waals surface area contributed by atoms with E-state index in [4.69, 9.17) is 14.7 Å². The summed E-state index contributed by atoms with van der Waals surface area (Å²) in [5.41, 5.74) is -3.51. The van der Waals surface area contributed by atoms with Gasteiger partial charge in [-0.2, -0.15) is 28.6 Å². The van der Waals surface area contributed by atoms with Crippen molar-refractivity contribution in [3.05, 3.63) is 130 Å². The summed E-state index contributed by atoms with van der Waals surface area (Å²) in [7, 11) is -2.48. The van der Waals surface area contributed by atoms with Crippen molar-refractivity contribution in [2.24, 2.45) is 7.05 Å². The van der Waals surface area contributed by atoms with E-state index in [9.17, 15) is 40.7 Å². The third kappa shape index (κ3) is 9.79. The van der Waals surface area contributed by atoms with Gasteiger partial charge in [0, 0.05) is 23.8 Å². The van der Waals surface area contributed by atoms with Gasteiger partial charge < -0.3 is 25.2 Å². The monoisotopic (exact) mass is 888 g/mol. The van der Waals surface area contributed by atoms with E-state index in [1.807, 2.05) is 24.3 Å². The van der Waals surface area contributed by atoms with Gasteiger partial charge in [0.05, 0.1) is 64.1 Å². The van der Waals surface area contributed by atoms with Gasteiger partial charge in [-0.25, -0.2) is 22.9 Å². The van der Waals surface area contributed by atoms with Crippen LogP contribution in [0.3, 0.4) is 0 Å². The Bertz CT molecular complexity index is 2860. The lowest BCUT2D eigenvalue weighted by Gasteiger charge is -2.33. The molecule has 1 unspecified atom stereocenters. The lowest BCUT2D eigenvalue weighted by Crippen LogP contribution is -2.45. The van der Waals surface area contributed by atoms with Gasteiger partial charge in [-0.05, 0) is 105 Å². The SMILES string of the molecule is Cn1ncnc1[C@H]1c2n[nH]c(=O)c3cc(F)cc(c23)N[C@@H]1c1ccc(OCCCCCCOc2ccc(S(=O)(=O)CC(C)(O)C(=O)Nc3ccc(C#N)c(C(F)(F)F)c3)cc2)cc1. The number of unbranched alkanes of at least 4 members (excludes halogenated alkanes) is 3. The minimum Gasteiger partial charge on any atom is -0.494 e. The molecule has 0 aliphatic carbocycles. The number of carbonyl (C=O) groups is 1. The first-order valence-electron chi connectivity index (χ1n) is 19.6. The van der Waals surface area contributed by atoms with Crippen LogP contribution in [0.5, 0.6) is 11.5 Å². The van der Waals surface area contributed by atoms with E-state index < -0.39 is 67.7 Å². The van der Waals surface area contributed by atoms with Crippen LogP contribution in [0.2, 0.25) is 0 Å². The number of nitrogens with zero attached hydrogens (tertiary/aromatic N) is 5. The maximum atomic E-state index is 14.6. The maximum absolute atomic E-state index is 14.6. The van der Waals surface area contributed by atoms with E-state index in [1.54, 1.807) is 11.7 Å². The molecule has 2 aromatic heterocycles. The van der Waals surface area contributed by atoms with Crippen LogP contribution in [0.4, 0.5) is 28.9 Å². The molecule has 7 rings (SSSR count). The molecule has 15 nitrogen and oxygen atoms in total. The Kier molecular flexibility index (Phi) is 12.5. The third-order valence-electron chi connectivity index (χ3n) is 10.5. The summed E-state index contributed by atoms with van der Waals surface area (Å²) >= 11 is 0. The zero-order chi connectivity index (χ0) is 45.1. The normalized spacial score (nSPS) is 15.8. The molecule has 0 bridgehead atoms. The van der Waals surface area contributed by atoms with Crippen LogP contribution in [-0.4, -0.2) is 69.0 Å². The van der Waals surface area contributed by atoms with Gasteiger partial charge in [0.2, 0.25) is 0 Å². The molecule has 1 aliphatic rings. The minimum absolute atomic E-state index is 0.187. The number of hydrogen-bond donors (Lipinski definition) is 4. The average Bonchev–Trinajstić information content (AvgIpc) is 3.67. The van der Waals surface area contributed by atoms with Gasteiger partial charge >= 0.3 is 6.18 Å². The Morgan fingerprint density at radius 2 is 1.62 bits per heavy atom. The highest BCUT2D eigenvalue weighted by atomic mass is 32.2. The number of halogens is 4. The van der Waals surface area contributed by atoms with Crippen molar-refractivity contribution in [1.82, 2.24) is 25.0 Å². The smallest absolute Gasteiger partial charge is 0.417 e. The van der Waals surface area contributed by atoms with E-state index >= 15 is 0 Å². The molecule has 0 radical (unpaired) electrons. The number of nitrogens with one attached hydrogen (secondary N) is 3. The number of rotatable bonds is 16. The van der Waals surface area contributed by atoms with Crippen molar-refractivity contribution in [3.8, 4) is 17.6 Å². The van der Waals surface area contributed by atoms with Crippen molar-refractivity contribution in [2.75, 3.05) is 29.6 Å². The zero-order valence-electron chi connectivity index (χ0n) is 33.7. The molecule has 4 N–H and O–H groups in total. The van der Waals surface area contributed by atoms with Crippen molar-refractivity contribution in [3.63, 3.8) is 0 Å². The number of aromatic amines is 1. The van der Waals surface area contributed by atoms with Crippen molar-refractivity contribution in [2.45, 2.75) is 61.2 Å². The molecule has 1 amide bonds. The van der Waals surface area contributed by atoms with Crippen LogP contribution in [0.25, 0.3) is 10.8 Å². The number of anilines is 2. The molecule has 328 valence electrons. The van der Waals surface area contributed by atoms with Crippen molar-refractivity contribution in [1.29, 1.82) is 5.26 Å². The fourth-order valence-corrected chi connectivity index (χ4v) is 8.95. The molecule has 1 aliphatic heterocycles. The van der Waals surface area contributed by atoms with Crippen molar-refractivity contribution >= 4 is 37.9 Å². The molecule has 20 heteroatoms. The van der Waals surface area contributed by atoms with Gasteiger partial charge in [0.25, 0.3) is 11.5 Å². The standard InChI is InChI=1S/C43H40F4N8O7S/c1-42(58,41(57)51-28-10-7-26(22-48)33(21-28)43(45,46)47)23-63(59,60)31-15-13-30(14-16-31)62-18-6-4-3-5-17-61-29-11-8-25(9-12-29)37-36(39-49-24-50-55(39)2)38-35-32(40(56)54-53-38)19-27(44)20-34(35)52-37/h7-16,19-21,24,36-37,52,58H,3-6,17-18,23H2,1-2H3,(H,51,57)(H,54,56)/t36-,37-,42?/m1/s1. The highest BCUT2D eigenvalue weighted by Gasteiger charge is 2.39. The lowest BCUT2D eigenvalue weighted by molar-refractivity contribution is -0.137. The Hall–Kier alpha value is -6.85. The summed E-state index contributed by atoms with van der Waals surface area (Å²) in [6.45, 7) is 1.75. The van der Waals surface area contributed by atoms with Crippen LogP contribution in [0.1, 0.15) is 72.8 Å². The fraction of sp³-hybridized carbons (Fsp3) is 0.302. The second kappa shape index (κ2) is 17.9. The summed E-state index contributed by atoms with van der Waals surface area (Å²) in [6, 6.07) is 18.9. The second-order valence-electron chi connectivity index (χ2n) is 15.2. The van der Waals surface area contributed by atoms with E-state index in [2.05, 4.69) is 30.9 Å². The zero-order valence-corrected chi connectivity index (χ0v) is 34.6. The van der Waals surface area contributed by atoms with Crippen LogP contribution < -0.4 is 25.7 Å². The Labute approximate surface area is 357 Å². The molecule has 3 heterocycles. The number of carbonyl (C=O) groups excluding carboxylic acids is 1. The van der Waals surface area contributed by atoms with Crippen molar-refractivity contribution < 1.29 is 45.4 Å². The van der Waals surface area contributed by atoms with E-state index in [1.165, 1.54) is 48.8 Å². The molecular formula is C43H40F4N8O7S. The first-order valence-corrected chi connectivity index (χ1v) is 21.3. The Morgan fingerprint density at radius 3 is 2.22 bits per heavy atom. The number of H-pyrrole nitrogens is 1. The molecule has 0 spiro atoms. The molecule has 0 saturated carbocycles. The van der Waals surface area contributed by atoms with Crippen LogP contribution in [0.15, 0.2) is 94.9 Å². The van der Waals surface area contributed by atoms with E-state index in [0.717, 1.165) is 43.9 Å². The number of benzene rings is 4. The number of sulfone groups is 1. The number of alkyl halides is 3. The van der Waals surface area contributed by atoms with Gasteiger partial charge in [-0.3, -0.25) is 14.3 Å². The van der Waals surface area contributed by atoms with E-state index in [-0.39, 0.29) is 16.0 Å². The summed E-state index contributed by atoms with van der Waals surface area (Å²) in [4.78, 5) is 29.6. The number of aryl methyl sites for hydroxylation is 1. The van der Waals surface area contributed by atoms with Gasteiger partial charge in [-0.15, -0.1) is 0 Å². The second-order valence-corrected chi connectivity index (χ2v) is 17.2. The third-order valence-corrected chi connectivity index (χ3v) is 12.4. The van der Waals surface area contributed by atoms with E-state index in [0.29, 0.717) is 59.8 Å². The summed E-state index contributed by atoms with van der Waals surface area (Å²) in [5, 5.41) is 37.1. The van der Waals surface area contributed by atoms with Gasteiger partial charge in [0.15, 0.2) is 15.4 Å². The molecule has 3 atom stereocenters. The number of amides is 1. The summed E-state index contributed by atoms with van der Waals surface area (Å²) in [5.74, 6) is -1.67. The first kappa shape index (κ1) is 44.2. The fourth-order valence-electron chi connectivity index (χ4n) is 7.36. The molecular weight excluding hydrogens is 849 g/mol. The predicted octanol–water partition coefficient (Wildman–Crippen LogP) is 6.56. The lowest BCUT2D eigenvalue weighted by atomic mass is 9.83. The molecule has 0 saturated heterocycles. The average molecular weight is 889 g/mol. The van der Waals surface area contributed by atoms with Gasteiger partial charge in [-0.1, -0.05) is 12.1 Å². The highest BCUT2D eigenvalue weighted by Crippen LogP contribution is 2.46. The molecule has 4 aromatic carbocycles.